The fourth-order valence-corrected chi connectivity index (χ4v) is 4.33. The second-order valence-corrected chi connectivity index (χ2v) is 7.49. The van der Waals surface area contributed by atoms with E-state index < -0.39 is 43.0 Å². The van der Waals surface area contributed by atoms with Crippen molar-refractivity contribution in [1.82, 2.24) is 15.3 Å². The van der Waals surface area contributed by atoms with Gasteiger partial charge >= 0.3 is 12.3 Å². The molecular weight excluding hydrogens is 389 g/mol. The number of anilines is 1. The number of alkyl halides is 3. The summed E-state index contributed by atoms with van der Waals surface area (Å²) in [6.07, 6.45) is -8.00. The molecule has 0 saturated heterocycles. The van der Waals surface area contributed by atoms with Gasteiger partial charge in [0.1, 0.15) is 29.2 Å². The van der Waals surface area contributed by atoms with Gasteiger partial charge in [-0.2, -0.15) is 13.2 Å². The Labute approximate surface area is 155 Å². The largest absolute Gasteiger partial charge is 0.465 e. The molecule has 1 aliphatic carbocycles. The van der Waals surface area contributed by atoms with Crippen molar-refractivity contribution in [1.29, 1.82) is 0 Å². The number of nitrogens with one attached hydrogen (secondary N) is 1. The first-order chi connectivity index (χ1) is 12.6. The van der Waals surface area contributed by atoms with E-state index in [9.17, 15) is 28.2 Å². The number of rotatable bonds is 4. The third-order valence-corrected chi connectivity index (χ3v) is 5.57. The molecule has 4 atom stereocenters. The molecule has 0 spiro atoms. The first-order valence-corrected chi connectivity index (χ1v) is 8.77. The van der Waals surface area contributed by atoms with Crippen LogP contribution < -0.4 is 10.2 Å². The van der Waals surface area contributed by atoms with Crippen molar-refractivity contribution < 1.29 is 33.3 Å². The van der Waals surface area contributed by atoms with Gasteiger partial charge in [-0.15, -0.1) is 11.3 Å². The van der Waals surface area contributed by atoms with Crippen molar-refractivity contribution in [2.45, 2.75) is 43.3 Å². The molecule has 1 amide bonds. The Morgan fingerprint density at radius 2 is 2.07 bits per heavy atom. The van der Waals surface area contributed by atoms with Gasteiger partial charge in [-0.1, -0.05) is 0 Å². The number of carboxylic acid groups (broad SMARTS) is 1. The maximum Gasteiger partial charge on any atom is 0.404 e. The molecule has 2 aromatic rings. The van der Waals surface area contributed by atoms with Crippen molar-refractivity contribution >= 4 is 33.5 Å². The summed E-state index contributed by atoms with van der Waals surface area (Å²) in [5.41, 5.74) is 0. The van der Waals surface area contributed by atoms with Crippen LogP contribution in [0, 0.1) is 0 Å². The highest BCUT2D eigenvalue weighted by Gasteiger charge is 2.44. The summed E-state index contributed by atoms with van der Waals surface area (Å²) in [6.45, 7) is 0. The third kappa shape index (κ3) is 4.06. The van der Waals surface area contributed by atoms with Crippen LogP contribution in [0.3, 0.4) is 0 Å². The summed E-state index contributed by atoms with van der Waals surface area (Å²) in [5.74, 6) is 0.303. The minimum absolute atomic E-state index is 0.0880. The van der Waals surface area contributed by atoms with Crippen LogP contribution in [0.2, 0.25) is 0 Å². The highest BCUT2D eigenvalue weighted by Crippen LogP contribution is 2.36. The van der Waals surface area contributed by atoms with E-state index in [1.807, 2.05) is 0 Å². The van der Waals surface area contributed by atoms with E-state index in [0.717, 1.165) is 11.3 Å². The molecule has 3 rings (SSSR count). The van der Waals surface area contributed by atoms with Crippen molar-refractivity contribution in [2.75, 3.05) is 11.9 Å². The lowest BCUT2D eigenvalue weighted by Gasteiger charge is -2.28. The van der Waals surface area contributed by atoms with Crippen LogP contribution in [0.5, 0.6) is 0 Å². The Kier molecular flexibility index (Phi) is 5.14. The molecule has 148 valence electrons. The van der Waals surface area contributed by atoms with Gasteiger partial charge in [0.05, 0.1) is 23.9 Å². The number of thiophene rings is 1. The number of carbonyl (C=O) groups is 1. The predicted octanol–water partition coefficient (Wildman–Crippen LogP) is 1.36. The molecule has 4 N–H and O–H groups in total. The number of aromatic nitrogens is 2. The summed E-state index contributed by atoms with van der Waals surface area (Å²) in [4.78, 5) is 20.9. The Balaban J connectivity index is 1.89. The van der Waals surface area contributed by atoms with E-state index in [0.29, 0.717) is 16.0 Å². The molecule has 0 radical (unpaired) electrons. The van der Waals surface area contributed by atoms with Gasteiger partial charge < -0.3 is 25.5 Å². The molecule has 12 heteroatoms. The van der Waals surface area contributed by atoms with Gasteiger partial charge in [0, 0.05) is 11.9 Å². The molecule has 1 saturated carbocycles. The van der Waals surface area contributed by atoms with Crippen LogP contribution in [0.15, 0.2) is 12.4 Å². The zero-order chi connectivity index (χ0) is 19.9. The zero-order valence-corrected chi connectivity index (χ0v) is 14.8. The minimum Gasteiger partial charge on any atom is -0.465 e. The number of aliphatic hydroxyl groups is 2. The summed E-state index contributed by atoms with van der Waals surface area (Å²) >= 11 is 0.909. The number of hydrogen-bond donors (Lipinski definition) is 4. The Morgan fingerprint density at radius 3 is 2.70 bits per heavy atom. The molecule has 0 unspecified atom stereocenters. The zero-order valence-electron chi connectivity index (χ0n) is 14.0. The SMILES string of the molecule is CN(c1ncnc2sc(CC(F)(F)F)cc12)[C@H]1C[C@@H](NC(=O)O)[C@@H](O)[C@H]1O. The maximum absolute atomic E-state index is 12.7. The number of halogens is 3. The summed E-state index contributed by atoms with van der Waals surface area (Å²) < 4.78 is 38.0. The average Bonchev–Trinajstić information content (AvgIpc) is 3.07. The Morgan fingerprint density at radius 1 is 1.37 bits per heavy atom. The van der Waals surface area contributed by atoms with E-state index in [-0.39, 0.29) is 11.3 Å². The Bertz CT molecular complexity index is 846. The van der Waals surface area contributed by atoms with Crippen LogP contribution in [0.4, 0.5) is 23.8 Å². The van der Waals surface area contributed by atoms with Crippen LogP contribution in [0.1, 0.15) is 11.3 Å². The fraction of sp³-hybridized carbons (Fsp3) is 0.533. The lowest BCUT2D eigenvalue weighted by Crippen LogP contribution is -2.44. The molecule has 0 aliphatic heterocycles. The third-order valence-electron chi connectivity index (χ3n) is 4.53. The van der Waals surface area contributed by atoms with Gasteiger partial charge in [-0.3, -0.25) is 0 Å². The van der Waals surface area contributed by atoms with Crippen LogP contribution in [-0.4, -0.2) is 68.9 Å². The van der Waals surface area contributed by atoms with E-state index in [4.69, 9.17) is 5.11 Å². The minimum atomic E-state index is -4.35. The Hall–Kier alpha value is -2.18. The second-order valence-electron chi connectivity index (χ2n) is 6.37. The average molecular weight is 406 g/mol. The lowest BCUT2D eigenvalue weighted by molar-refractivity contribution is -0.126. The van der Waals surface area contributed by atoms with E-state index >= 15 is 0 Å². The van der Waals surface area contributed by atoms with Crippen LogP contribution in [0.25, 0.3) is 10.2 Å². The molecule has 2 heterocycles. The lowest BCUT2D eigenvalue weighted by atomic mass is 10.1. The first kappa shape index (κ1) is 19.6. The van der Waals surface area contributed by atoms with E-state index in [2.05, 4.69) is 15.3 Å². The maximum atomic E-state index is 12.7. The number of amides is 1. The molecule has 1 aliphatic rings. The number of nitrogens with zero attached hydrogens (tertiary/aromatic N) is 3. The van der Waals surface area contributed by atoms with Crippen LogP contribution in [-0.2, 0) is 6.42 Å². The predicted molar refractivity (Wildman–Crippen MR) is 90.9 cm³/mol. The molecule has 8 nitrogen and oxygen atoms in total. The highest BCUT2D eigenvalue weighted by atomic mass is 32.1. The molecule has 0 bridgehead atoms. The van der Waals surface area contributed by atoms with Crippen LogP contribution >= 0.6 is 11.3 Å². The summed E-state index contributed by atoms with van der Waals surface area (Å²) in [7, 11) is 1.58. The molecule has 1 fully saturated rings. The van der Waals surface area contributed by atoms with Gasteiger partial charge in [-0.25, -0.2) is 14.8 Å². The van der Waals surface area contributed by atoms with Crippen molar-refractivity contribution in [3.63, 3.8) is 0 Å². The van der Waals surface area contributed by atoms with E-state index in [1.54, 1.807) is 7.05 Å². The molecule has 27 heavy (non-hydrogen) atoms. The standard InChI is InChI=1S/C15H17F3N4O4S/c1-22(9-3-8(21-14(25)26)10(23)11(9)24)12-7-2-6(4-15(16,17)18)27-13(7)20-5-19-12/h2,5,8-11,21,23-24H,3-4H2,1H3,(H,25,26)/t8-,9+,10-,11+/m1/s1. The smallest absolute Gasteiger partial charge is 0.404 e. The first-order valence-electron chi connectivity index (χ1n) is 7.95. The topological polar surface area (TPSA) is 119 Å². The summed E-state index contributed by atoms with van der Waals surface area (Å²) in [5, 5.41) is 31.7. The van der Waals surface area contributed by atoms with Crippen molar-refractivity contribution in [2.24, 2.45) is 0 Å². The monoisotopic (exact) mass is 406 g/mol. The van der Waals surface area contributed by atoms with Gasteiger partial charge in [0.15, 0.2) is 0 Å². The normalized spacial score (nSPS) is 25.7. The summed E-state index contributed by atoms with van der Waals surface area (Å²) in [6, 6.07) is -0.184. The number of aliphatic hydroxyl groups excluding tert-OH is 2. The number of hydrogen-bond acceptors (Lipinski definition) is 7. The molecular formula is C15H17F3N4O4S. The van der Waals surface area contributed by atoms with E-state index in [1.165, 1.54) is 17.3 Å². The van der Waals surface area contributed by atoms with Gasteiger partial charge in [0.2, 0.25) is 0 Å². The fourth-order valence-electron chi connectivity index (χ4n) is 3.31. The quantitative estimate of drug-likeness (QED) is 0.605. The number of fused-ring (bicyclic) bond motifs is 1. The molecule has 2 aromatic heterocycles. The van der Waals surface area contributed by atoms with Crippen molar-refractivity contribution in [3.8, 4) is 0 Å². The van der Waals surface area contributed by atoms with Crippen molar-refractivity contribution in [3.05, 3.63) is 17.3 Å². The molecule has 0 aromatic carbocycles. The number of likely N-dealkylation sites (N-methyl/N-ethyl adjacent to an activating group) is 1. The van der Waals surface area contributed by atoms with Gasteiger partial charge in [0.25, 0.3) is 0 Å². The second kappa shape index (κ2) is 7.09. The van der Waals surface area contributed by atoms with Gasteiger partial charge in [-0.05, 0) is 12.5 Å². The highest BCUT2D eigenvalue weighted by molar-refractivity contribution is 7.18.